The summed E-state index contributed by atoms with van der Waals surface area (Å²) in [6.07, 6.45) is 6.58. The predicted molar refractivity (Wildman–Crippen MR) is 168 cm³/mol. The second-order valence-electron chi connectivity index (χ2n) is 12.6. The quantitative estimate of drug-likeness (QED) is 0.352. The number of hydrogen-bond donors (Lipinski definition) is 2. The number of nitrogens with zero attached hydrogens (tertiary/aromatic N) is 3. The standard InChI is InChI=1S/C33H49N5O6/c1-8-20(3)28(35-31(40)29(36(5)6)21(4)9-2)30(39)34-15-14-22-17-23(12-13-27(22)43-7)44-24-18-26-33(42)37-16-10-11-25(37)32(41)38(26)19-24/h12-15,17,20-21,24-26,28-29H,8-11,16,18-19H2,1-7H3,(H,34,39)(H,35,40)/t20-,21+,24-,25+,26+,28+,29-/m0/s1. The summed E-state index contributed by atoms with van der Waals surface area (Å²) in [6, 6.07) is 3.56. The van der Waals surface area contributed by atoms with E-state index in [1.54, 1.807) is 41.3 Å². The molecule has 3 aliphatic rings. The minimum absolute atomic E-state index is 0.0243. The molecule has 3 saturated heterocycles. The number of fused-ring (bicyclic) bond motifs is 2. The maximum absolute atomic E-state index is 13.3. The molecule has 4 rings (SSSR count). The summed E-state index contributed by atoms with van der Waals surface area (Å²) in [6.45, 7) is 9.06. The first-order valence-corrected chi connectivity index (χ1v) is 15.9. The van der Waals surface area contributed by atoms with Gasteiger partial charge >= 0.3 is 0 Å². The van der Waals surface area contributed by atoms with Crippen LogP contribution in [0, 0.1) is 11.8 Å². The van der Waals surface area contributed by atoms with E-state index in [9.17, 15) is 19.2 Å². The van der Waals surface area contributed by atoms with Crippen molar-refractivity contribution in [3.05, 3.63) is 30.0 Å². The van der Waals surface area contributed by atoms with Crippen molar-refractivity contribution in [1.29, 1.82) is 0 Å². The Bertz CT molecular complexity index is 1220. The van der Waals surface area contributed by atoms with Gasteiger partial charge in [0.1, 0.15) is 35.7 Å². The van der Waals surface area contributed by atoms with E-state index in [-0.39, 0.29) is 53.7 Å². The molecule has 0 aliphatic carbocycles. The number of piperazine rings is 1. The highest BCUT2D eigenvalue weighted by Crippen LogP contribution is 2.34. The zero-order valence-corrected chi connectivity index (χ0v) is 27.2. The van der Waals surface area contributed by atoms with Crippen LogP contribution in [0.5, 0.6) is 11.5 Å². The van der Waals surface area contributed by atoms with Crippen LogP contribution >= 0.6 is 0 Å². The van der Waals surface area contributed by atoms with E-state index in [1.165, 1.54) is 0 Å². The number of amides is 4. The van der Waals surface area contributed by atoms with Crippen LogP contribution in [0.2, 0.25) is 0 Å². The van der Waals surface area contributed by atoms with E-state index in [0.29, 0.717) is 36.6 Å². The normalized spacial score (nSPS) is 24.1. The minimum Gasteiger partial charge on any atom is -0.496 e. The number of likely N-dealkylation sites (N-methyl/N-ethyl adjacent to an activating group) is 1. The van der Waals surface area contributed by atoms with E-state index in [4.69, 9.17) is 9.47 Å². The second-order valence-corrected chi connectivity index (χ2v) is 12.6. The molecule has 3 heterocycles. The zero-order chi connectivity index (χ0) is 32.1. The van der Waals surface area contributed by atoms with Gasteiger partial charge in [0.15, 0.2) is 0 Å². The summed E-state index contributed by atoms with van der Waals surface area (Å²) in [5.41, 5.74) is 0.683. The summed E-state index contributed by atoms with van der Waals surface area (Å²) < 4.78 is 11.8. The number of hydrogen-bond acceptors (Lipinski definition) is 7. The lowest BCUT2D eigenvalue weighted by atomic mass is 9.94. The maximum Gasteiger partial charge on any atom is 0.246 e. The Morgan fingerprint density at radius 2 is 1.75 bits per heavy atom. The topological polar surface area (TPSA) is 121 Å². The van der Waals surface area contributed by atoms with Crippen LogP contribution in [0.25, 0.3) is 6.08 Å². The van der Waals surface area contributed by atoms with Crippen molar-refractivity contribution in [2.24, 2.45) is 11.8 Å². The van der Waals surface area contributed by atoms with E-state index < -0.39 is 12.1 Å². The molecule has 242 valence electrons. The van der Waals surface area contributed by atoms with Crippen molar-refractivity contribution in [2.45, 2.75) is 90.1 Å². The molecule has 2 N–H and O–H groups in total. The van der Waals surface area contributed by atoms with Crippen molar-refractivity contribution >= 4 is 29.7 Å². The van der Waals surface area contributed by atoms with Crippen molar-refractivity contribution < 1.29 is 28.7 Å². The van der Waals surface area contributed by atoms with Gasteiger partial charge in [-0.1, -0.05) is 40.5 Å². The fraction of sp³-hybridized carbons (Fsp3) is 0.636. The van der Waals surface area contributed by atoms with E-state index in [1.807, 2.05) is 45.8 Å². The van der Waals surface area contributed by atoms with Gasteiger partial charge in [-0.15, -0.1) is 0 Å². The molecule has 0 unspecified atom stereocenters. The molecule has 11 nitrogen and oxygen atoms in total. The van der Waals surface area contributed by atoms with Gasteiger partial charge in [0.2, 0.25) is 23.6 Å². The first-order chi connectivity index (χ1) is 21.0. The lowest BCUT2D eigenvalue weighted by Gasteiger charge is -2.38. The second kappa shape index (κ2) is 14.5. The summed E-state index contributed by atoms with van der Waals surface area (Å²) in [5.74, 6) is 0.822. The Morgan fingerprint density at radius 1 is 1.05 bits per heavy atom. The first kappa shape index (κ1) is 33.3. The van der Waals surface area contributed by atoms with Gasteiger partial charge in [-0.05, 0) is 63.0 Å². The molecule has 0 aromatic heterocycles. The van der Waals surface area contributed by atoms with E-state index in [2.05, 4.69) is 17.6 Å². The average molecular weight is 612 g/mol. The minimum atomic E-state index is -0.692. The number of benzene rings is 1. The highest BCUT2D eigenvalue weighted by atomic mass is 16.5. The Morgan fingerprint density at radius 3 is 2.41 bits per heavy atom. The maximum atomic E-state index is 13.3. The number of rotatable bonds is 13. The highest BCUT2D eigenvalue weighted by Gasteiger charge is 2.52. The largest absolute Gasteiger partial charge is 0.496 e. The number of methoxy groups -OCH3 is 1. The SMILES string of the molecule is CC[C@@H](C)[C@@H](C(=O)N[C@@H](C(=O)NC=Cc1cc(O[C@H]2C[C@@H]3C(=O)N4CCC[C@@H]4C(=O)N3C2)ccc1OC)[C@@H](C)CC)N(C)C. The lowest BCUT2D eigenvalue weighted by Crippen LogP contribution is -2.60. The third-order valence-corrected chi connectivity index (χ3v) is 9.45. The molecule has 0 bridgehead atoms. The lowest BCUT2D eigenvalue weighted by molar-refractivity contribution is -0.156. The Labute approximate surface area is 261 Å². The number of carbonyl (C=O) groups is 4. The third-order valence-electron chi connectivity index (χ3n) is 9.45. The summed E-state index contributed by atoms with van der Waals surface area (Å²) in [4.78, 5) is 57.9. The first-order valence-electron chi connectivity index (χ1n) is 15.9. The van der Waals surface area contributed by atoms with Gasteiger partial charge in [-0.3, -0.25) is 24.1 Å². The van der Waals surface area contributed by atoms with Gasteiger partial charge < -0.3 is 29.9 Å². The fourth-order valence-electron chi connectivity index (χ4n) is 6.61. The average Bonchev–Trinajstić information content (AvgIpc) is 3.67. The van der Waals surface area contributed by atoms with Gasteiger partial charge in [0.05, 0.1) is 19.7 Å². The predicted octanol–water partition coefficient (Wildman–Crippen LogP) is 2.64. The summed E-state index contributed by atoms with van der Waals surface area (Å²) in [5, 5.41) is 5.84. The summed E-state index contributed by atoms with van der Waals surface area (Å²) in [7, 11) is 5.32. The van der Waals surface area contributed by atoms with Crippen molar-refractivity contribution in [2.75, 3.05) is 34.3 Å². The molecule has 3 fully saturated rings. The smallest absolute Gasteiger partial charge is 0.246 e. The van der Waals surface area contributed by atoms with Gasteiger partial charge in [0, 0.05) is 24.7 Å². The number of ether oxygens (including phenoxy) is 2. The molecule has 0 saturated carbocycles. The highest BCUT2D eigenvalue weighted by molar-refractivity contribution is 5.98. The molecular formula is C33H49N5O6. The van der Waals surface area contributed by atoms with Crippen LogP contribution in [-0.4, -0.2) is 103 Å². The van der Waals surface area contributed by atoms with Crippen LogP contribution in [0.1, 0.15) is 65.4 Å². The van der Waals surface area contributed by atoms with Crippen LogP contribution < -0.4 is 20.1 Å². The number of carbonyl (C=O) groups excluding carboxylic acids is 4. The Balaban J connectivity index is 1.42. The molecular weight excluding hydrogens is 562 g/mol. The zero-order valence-electron chi connectivity index (χ0n) is 27.2. The monoisotopic (exact) mass is 611 g/mol. The molecule has 44 heavy (non-hydrogen) atoms. The van der Waals surface area contributed by atoms with Gasteiger partial charge in [-0.25, -0.2) is 0 Å². The van der Waals surface area contributed by atoms with Crippen molar-refractivity contribution in [3.63, 3.8) is 0 Å². The molecule has 1 aromatic carbocycles. The van der Waals surface area contributed by atoms with E-state index in [0.717, 1.165) is 25.7 Å². The fourth-order valence-corrected chi connectivity index (χ4v) is 6.61. The number of nitrogens with one attached hydrogen (secondary N) is 2. The molecule has 11 heteroatoms. The molecule has 3 aliphatic heterocycles. The van der Waals surface area contributed by atoms with Gasteiger partial charge in [-0.2, -0.15) is 0 Å². The Hall–Kier alpha value is -3.60. The molecule has 7 atom stereocenters. The Kier molecular flexibility index (Phi) is 10.9. The van der Waals surface area contributed by atoms with Crippen LogP contribution in [0.15, 0.2) is 24.4 Å². The van der Waals surface area contributed by atoms with E-state index >= 15 is 0 Å². The summed E-state index contributed by atoms with van der Waals surface area (Å²) >= 11 is 0. The van der Waals surface area contributed by atoms with Crippen molar-refractivity contribution in [3.8, 4) is 11.5 Å². The van der Waals surface area contributed by atoms with Crippen LogP contribution in [-0.2, 0) is 19.2 Å². The third kappa shape index (κ3) is 7.03. The molecule has 0 radical (unpaired) electrons. The molecule has 0 spiro atoms. The van der Waals surface area contributed by atoms with Crippen LogP contribution in [0.4, 0.5) is 0 Å². The molecule has 1 aromatic rings. The van der Waals surface area contributed by atoms with Crippen LogP contribution in [0.3, 0.4) is 0 Å². The van der Waals surface area contributed by atoms with Gasteiger partial charge in [0.25, 0.3) is 0 Å². The van der Waals surface area contributed by atoms with Crippen molar-refractivity contribution in [1.82, 2.24) is 25.3 Å². The molecule has 4 amide bonds.